The minimum atomic E-state index is -1.37. The van der Waals surface area contributed by atoms with Gasteiger partial charge in [-0.05, 0) is 149 Å². The molecule has 0 bridgehead atoms. The zero-order valence-corrected chi connectivity index (χ0v) is 72.1. The zero-order valence-electron chi connectivity index (χ0n) is 72.1. The molecule has 12 atom stereocenters. The predicted octanol–water partition coefficient (Wildman–Crippen LogP) is 7.99. The van der Waals surface area contributed by atoms with E-state index in [-0.39, 0.29) is 70.6 Å². The normalized spacial score (nSPS) is 17.3. The second-order valence-corrected chi connectivity index (χ2v) is 34.8. The van der Waals surface area contributed by atoms with Crippen molar-refractivity contribution in [1.29, 1.82) is 0 Å². The summed E-state index contributed by atoms with van der Waals surface area (Å²) in [5.41, 5.74) is 8.65. The van der Waals surface area contributed by atoms with Gasteiger partial charge in [0.2, 0.25) is 47.3 Å². The van der Waals surface area contributed by atoms with Crippen LogP contribution in [0.25, 0.3) is 21.2 Å². The number of terminal acetylenes is 1. The molecular formula is C88H114N16O17. The van der Waals surface area contributed by atoms with Crippen LogP contribution in [0.1, 0.15) is 151 Å². The van der Waals surface area contributed by atoms with Crippen molar-refractivity contribution in [1.82, 2.24) is 66.5 Å². The number of benzene rings is 5. The lowest BCUT2D eigenvalue weighted by Crippen LogP contribution is -2.61. The molecule has 6 aromatic rings. The van der Waals surface area contributed by atoms with Crippen LogP contribution in [-0.4, -0.2) is 224 Å². The molecule has 2 fully saturated rings. The summed E-state index contributed by atoms with van der Waals surface area (Å²) in [5.74, 6) is -3.66. The van der Waals surface area contributed by atoms with Crippen LogP contribution in [0.3, 0.4) is 0 Å². The molecule has 2 aliphatic rings. The molecule has 2 aliphatic heterocycles. The summed E-state index contributed by atoms with van der Waals surface area (Å²) in [7, 11) is 3.94. The van der Waals surface area contributed by atoms with Gasteiger partial charge in [0, 0.05) is 57.8 Å². The van der Waals surface area contributed by atoms with Gasteiger partial charge in [-0.15, -0.1) is 11.5 Å². The quantitative estimate of drug-likeness (QED) is 0.00567. The van der Waals surface area contributed by atoms with Crippen LogP contribution in [0.2, 0.25) is 0 Å². The van der Waals surface area contributed by atoms with Crippen molar-refractivity contribution < 1.29 is 81.2 Å². The van der Waals surface area contributed by atoms with Gasteiger partial charge in [0.05, 0.1) is 31.4 Å². The summed E-state index contributed by atoms with van der Waals surface area (Å²) in [6, 6.07) is 21.3. The lowest BCUT2D eigenvalue weighted by atomic mass is 9.85. The van der Waals surface area contributed by atoms with Crippen molar-refractivity contribution in [3.05, 3.63) is 166 Å². The minimum absolute atomic E-state index is 0.0481. The molecular weight excluding hydrogens is 1550 g/mol. The third kappa shape index (κ3) is 26.5. The van der Waals surface area contributed by atoms with Crippen molar-refractivity contribution in [2.24, 2.45) is 15.9 Å². The number of azide groups is 1. The van der Waals surface area contributed by atoms with Crippen molar-refractivity contribution >= 4 is 82.0 Å². The van der Waals surface area contributed by atoms with Crippen LogP contribution < -0.4 is 41.4 Å². The summed E-state index contributed by atoms with van der Waals surface area (Å²) in [4.78, 5) is 179. The largest absolute Gasteiger partial charge is 0.487 e. The summed E-state index contributed by atoms with van der Waals surface area (Å²) >= 11 is 0. The molecule has 0 aliphatic carbocycles. The van der Waals surface area contributed by atoms with E-state index in [1.165, 1.54) is 49.3 Å². The Morgan fingerprint density at radius 1 is 0.554 bits per heavy atom. The first-order valence-corrected chi connectivity index (χ1v) is 40.1. The van der Waals surface area contributed by atoms with E-state index in [4.69, 9.17) is 30.1 Å². The summed E-state index contributed by atoms with van der Waals surface area (Å²) in [6.07, 6.45) is 5.04. The number of fused-ring (bicyclic) bond motifs is 1. The van der Waals surface area contributed by atoms with E-state index >= 15 is 9.59 Å². The number of nitrogens with zero attached hydrogens (tertiary/aromatic N) is 10. The zero-order chi connectivity index (χ0) is 89.2. The third-order valence-electron chi connectivity index (χ3n) is 20.8. The Balaban J connectivity index is 1.01. The van der Waals surface area contributed by atoms with Gasteiger partial charge in [-0.25, -0.2) is 19.1 Å². The summed E-state index contributed by atoms with van der Waals surface area (Å²) in [6.45, 7) is 24.3. The monoisotopic (exact) mass is 1670 g/mol. The van der Waals surface area contributed by atoms with Crippen molar-refractivity contribution in [2.45, 2.75) is 233 Å². The number of carbonyl (C=O) groups is 12. The van der Waals surface area contributed by atoms with Gasteiger partial charge in [-0.1, -0.05) is 155 Å². The van der Waals surface area contributed by atoms with Crippen molar-refractivity contribution in [3.8, 4) is 23.8 Å². The van der Waals surface area contributed by atoms with E-state index in [2.05, 4.69) is 58.2 Å². The molecule has 4 unspecified atom stereocenters. The van der Waals surface area contributed by atoms with Crippen LogP contribution in [-0.2, 0) is 94.4 Å². The summed E-state index contributed by atoms with van der Waals surface area (Å²) in [5, 5.41) is 31.6. The van der Waals surface area contributed by atoms with Crippen LogP contribution in [0, 0.1) is 23.2 Å². The van der Waals surface area contributed by atoms with Crippen molar-refractivity contribution in [3.63, 3.8) is 0 Å². The Morgan fingerprint density at radius 3 is 1.49 bits per heavy atom. The fraction of sp³-hybridized carbons (Fsp3) is 0.500. The molecule has 1 aromatic heterocycles. The molecule has 0 saturated carbocycles. The van der Waals surface area contributed by atoms with Crippen LogP contribution in [0.15, 0.2) is 133 Å². The maximum absolute atomic E-state index is 15.5. The molecule has 648 valence electrons. The maximum Gasteiger partial charge on any atom is 0.410 e. The van der Waals surface area contributed by atoms with E-state index < -0.39 is 160 Å². The number of hydrogen-bond donors (Lipinski definition) is 6. The number of aromatic nitrogens is 3. The third-order valence-corrected chi connectivity index (χ3v) is 20.8. The highest BCUT2D eigenvalue weighted by atomic mass is 16.6. The summed E-state index contributed by atoms with van der Waals surface area (Å²) < 4.78 is 29.5. The van der Waals surface area contributed by atoms with Crippen LogP contribution >= 0.6 is 0 Å². The molecule has 0 spiro atoms. The average Bonchev–Trinajstić information content (AvgIpc) is 1.65. The molecule has 33 nitrogen and oxygen atoms in total. The number of Topliss-reactive ketones (excluding diaryl/α,β-unsaturated/α-hetero) is 1. The second-order valence-electron chi connectivity index (χ2n) is 34.8. The number of ether oxygens (including phenoxy) is 5. The van der Waals surface area contributed by atoms with Gasteiger partial charge in [-0.2, -0.15) is 0 Å². The smallest absolute Gasteiger partial charge is 0.410 e. The number of methoxy groups -OCH3 is 1. The highest BCUT2D eigenvalue weighted by Crippen LogP contribution is 2.34. The molecule has 8 rings (SSSR count). The Labute approximate surface area is 705 Å². The molecule has 0 radical (unpaired) electrons. The Bertz CT molecular complexity index is 4810. The number of carbonyl (C=O) groups excluding carboxylic acids is 12. The molecule has 2 saturated heterocycles. The number of rotatable bonds is 33. The Morgan fingerprint density at radius 2 is 1.00 bits per heavy atom. The standard InChI is InChI=1S/C88H114N16O17/c1-20-40-118-64-36-31-56(32-37-64)42-66(54(4)105)90-76(108)68(45-58-30-35-59-28-24-25-29-60(59)41-58)92-79(111)71-47-63(50-103(71)81(113)73(86(8,9)10)95-75(107)53(3)101(18)84(116)121-88(14,15)16)104-49-62(97-99-104)51-119-65-38-33-57(34-39-65)44-69(82(114)117-19)93-77(109)67(43-55-26-22-21-23-27-55)91-78(110)70-46-61(96-98-89)48-102(70)80(112)72(85(5,6)7)94-74(106)52(2)100(17)83(115)120-87(11,12)13/h1,21-39,41,49,52-53,61,63,66-73H,40,42-48,50-51H2,2-19H3,(H,90,108)(H,91,110)(H,92,111)(H,93,109)(H,94,106)(H,95,107)/t52?,53?,61-,63-,66-,67-,68-,69-,70-,71?,72?,73+/m0/s1. The first-order valence-electron chi connectivity index (χ1n) is 40.1. The SMILES string of the molecule is C#CCOc1ccc(C[C@H](NC(=O)[C@H](Cc2ccc3ccccc3c2)NC(=O)C2C[C@H](n3cc(COc4ccc(C[C@H](NC(=O)[C@H](Cc5ccccc5)NC(=O)[C@@H]5C[C@H](N=[N+]=[N-])CN5C(=O)C(NC(=O)C(C)N(C)C(=O)OC(C)(C)C)C(C)(C)C)C(=O)OC)cc4)nn3)CN2C(=O)[C@@H](NC(=O)C(C)N(C)C(=O)OC(C)(C)C)C(C)(C)C)C(C)=O)cc1. The number of hydrogen-bond acceptors (Lipinski definition) is 20. The number of likely N-dealkylation sites (tertiary alicyclic amines) is 2. The molecule has 5 aromatic carbocycles. The maximum atomic E-state index is 15.5. The number of esters is 1. The first kappa shape index (κ1) is 93.9. The number of amides is 10. The number of likely N-dealkylation sites (N-methyl/N-ethyl adjacent to an activating group) is 2. The lowest BCUT2D eigenvalue weighted by molar-refractivity contribution is -0.146. The Hall–Kier alpha value is -12.6. The van der Waals surface area contributed by atoms with Gasteiger partial charge in [0.25, 0.3) is 0 Å². The Kier molecular flexibility index (Phi) is 31.8. The van der Waals surface area contributed by atoms with Crippen LogP contribution in [0.5, 0.6) is 11.5 Å². The topological polar surface area (TPSA) is 416 Å². The number of ketones is 1. The molecule has 10 amide bonds. The van der Waals surface area contributed by atoms with Gasteiger partial charge >= 0.3 is 18.2 Å². The molecule has 6 N–H and O–H groups in total. The van der Waals surface area contributed by atoms with E-state index in [0.717, 1.165) is 27.7 Å². The van der Waals surface area contributed by atoms with E-state index in [1.54, 1.807) is 168 Å². The molecule has 121 heavy (non-hydrogen) atoms. The van der Waals surface area contributed by atoms with Gasteiger partial charge in [0.1, 0.15) is 96.0 Å². The molecule has 3 heterocycles. The van der Waals surface area contributed by atoms with E-state index in [9.17, 15) is 53.5 Å². The fourth-order valence-corrected chi connectivity index (χ4v) is 13.8. The van der Waals surface area contributed by atoms with Crippen molar-refractivity contribution in [2.75, 3.05) is 40.9 Å². The first-order chi connectivity index (χ1) is 56.8. The highest BCUT2D eigenvalue weighted by Gasteiger charge is 2.49. The van der Waals surface area contributed by atoms with E-state index in [0.29, 0.717) is 39.4 Å². The minimum Gasteiger partial charge on any atom is -0.487 e. The van der Waals surface area contributed by atoms with Gasteiger partial charge in [-0.3, -0.25) is 53.0 Å². The van der Waals surface area contributed by atoms with Gasteiger partial charge in [0.15, 0.2) is 5.78 Å². The highest BCUT2D eigenvalue weighted by molar-refractivity contribution is 5.99. The van der Waals surface area contributed by atoms with Crippen LogP contribution in [0.4, 0.5) is 9.59 Å². The predicted molar refractivity (Wildman–Crippen MR) is 449 cm³/mol. The molecule has 33 heteroatoms. The van der Waals surface area contributed by atoms with E-state index in [1.807, 2.05) is 42.5 Å². The number of nitrogens with one attached hydrogen (secondary N) is 6. The van der Waals surface area contributed by atoms with Gasteiger partial charge < -0.3 is 65.4 Å². The average molecular weight is 1670 g/mol. The second kappa shape index (κ2) is 40.9. The lowest BCUT2D eigenvalue weighted by Gasteiger charge is -2.37. The fourth-order valence-electron chi connectivity index (χ4n) is 13.8.